The molecule has 0 aliphatic rings. The fourth-order valence-electron chi connectivity index (χ4n) is 2.58. The van der Waals surface area contributed by atoms with Gasteiger partial charge in [-0.05, 0) is 29.5 Å². The van der Waals surface area contributed by atoms with E-state index in [0.29, 0.717) is 5.69 Å². The molecule has 0 unspecified atom stereocenters. The van der Waals surface area contributed by atoms with E-state index in [4.69, 9.17) is 0 Å². The third-order valence-electron chi connectivity index (χ3n) is 3.74. The Morgan fingerprint density at radius 1 is 0.917 bits per heavy atom. The first-order valence-electron chi connectivity index (χ1n) is 7.69. The van der Waals surface area contributed by atoms with Gasteiger partial charge in [0.2, 0.25) is 5.91 Å². The van der Waals surface area contributed by atoms with Gasteiger partial charge < -0.3 is 5.32 Å². The molecule has 1 heterocycles. The minimum atomic E-state index is -0.354. The van der Waals surface area contributed by atoms with Crippen LogP contribution in [0.15, 0.2) is 84.0 Å². The maximum absolute atomic E-state index is 12.9. The van der Waals surface area contributed by atoms with Gasteiger partial charge in [-0.25, -0.2) is 4.98 Å². The number of thioether (sulfide) groups is 1. The summed E-state index contributed by atoms with van der Waals surface area (Å²) in [6.07, 6.45) is 3.66. The first kappa shape index (κ1) is 16.3. The van der Waals surface area contributed by atoms with Crippen molar-refractivity contribution in [3.8, 4) is 0 Å². The van der Waals surface area contributed by atoms with Gasteiger partial charge in [0.25, 0.3) is 0 Å². The molecule has 4 heteroatoms. The van der Waals surface area contributed by atoms with Crippen LogP contribution in [0.2, 0.25) is 0 Å². The third-order valence-corrected chi connectivity index (χ3v) is 4.40. The van der Waals surface area contributed by atoms with E-state index in [9.17, 15) is 4.79 Å². The normalized spacial score (nSPS) is 10.6. The van der Waals surface area contributed by atoms with E-state index in [2.05, 4.69) is 10.3 Å². The summed E-state index contributed by atoms with van der Waals surface area (Å²) in [6, 6.07) is 23.4. The van der Waals surface area contributed by atoms with Crippen LogP contribution in [0, 0.1) is 0 Å². The van der Waals surface area contributed by atoms with Crippen LogP contribution in [0.1, 0.15) is 17.0 Å². The zero-order chi connectivity index (χ0) is 16.8. The second-order valence-corrected chi connectivity index (χ2v) is 6.16. The molecule has 0 radical (unpaired) electrons. The van der Waals surface area contributed by atoms with E-state index in [1.807, 2.05) is 79.1 Å². The molecule has 0 bridgehead atoms. The van der Waals surface area contributed by atoms with Crippen LogP contribution >= 0.6 is 11.8 Å². The smallest absolute Gasteiger partial charge is 0.236 e. The van der Waals surface area contributed by atoms with Crippen LogP contribution in [0.25, 0.3) is 0 Å². The Morgan fingerprint density at radius 2 is 1.50 bits per heavy atom. The number of benzene rings is 2. The second kappa shape index (κ2) is 7.79. The summed E-state index contributed by atoms with van der Waals surface area (Å²) in [5.41, 5.74) is 2.64. The largest absolute Gasteiger partial charge is 0.324 e. The number of amides is 1. The molecular weight excluding hydrogens is 316 g/mol. The highest BCUT2D eigenvalue weighted by Crippen LogP contribution is 2.26. The molecule has 0 fully saturated rings. The van der Waals surface area contributed by atoms with Gasteiger partial charge in [0.05, 0.1) is 22.8 Å². The quantitative estimate of drug-likeness (QED) is 0.695. The van der Waals surface area contributed by atoms with Crippen molar-refractivity contribution >= 4 is 23.4 Å². The van der Waals surface area contributed by atoms with Crippen LogP contribution in [-0.4, -0.2) is 17.1 Å². The van der Waals surface area contributed by atoms with Gasteiger partial charge in [0, 0.05) is 0 Å². The van der Waals surface area contributed by atoms with Gasteiger partial charge in [-0.2, -0.15) is 0 Å². The van der Waals surface area contributed by atoms with Crippen molar-refractivity contribution in [3.05, 3.63) is 90.1 Å². The molecule has 3 aromatic rings. The van der Waals surface area contributed by atoms with Crippen LogP contribution < -0.4 is 5.32 Å². The lowest BCUT2D eigenvalue weighted by Gasteiger charge is -2.18. The molecule has 1 aromatic heterocycles. The zero-order valence-corrected chi connectivity index (χ0v) is 14.2. The van der Waals surface area contributed by atoms with E-state index >= 15 is 0 Å². The molecule has 3 rings (SSSR count). The van der Waals surface area contributed by atoms with E-state index in [1.165, 1.54) is 0 Å². The van der Waals surface area contributed by atoms with Gasteiger partial charge in [0.1, 0.15) is 0 Å². The Hall–Kier alpha value is -2.59. The van der Waals surface area contributed by atoms with Crippen LogP contribution in [0.4, 0.5) is 5.69 Å². The minimum Gasteiger partial charge on any atom is -0.324 e. The van der Waals surface area contributed by atoms with Gasteiger partial charge in [0.15, 0.2) is 0 Å². The molecule has 0 atom stereocenters. The van der Waals surface area contributed by atoms with Crippen molar-refractivity contribution in [1.29, 1.82) is 0 Å². The standard InChI is InChI=1S/C20H18N2OS/c1-24-18-13-12-17(14-21-18)22-20(23)19(15-8-4-2-5-9-15)16-10-6-3-7-11-16/h2-14,19H,1H3,(H,22,23). The molecule has 0 saturated carbocycles. The van der Waals surface area contributed by atoms with Crippen molar-refractivity contribution in [1.82, 2.24) is 4.98 Å². The fourth-order valence-corrected chi connectivity index (χ4v) is 2.94. The highest BCUT2D eigenvalue weighted by molar-refractivity contribution is 7.98. The second-order valence-electron chi connectivity index (χ2n) is 5.33. The number of rotatable bonds is 5. The molecule has 2 aromatic carbocycles. The minimum absolute atomic E-state index is 0.0638. The molecule has 3 nitrogen and oxygen atoms in total. The van der Waals surface area contributed by atoms with Crippen LogP contribution in [-0.2, 0) is 4.79 Å². The van der Waals surface area contributed by atoms with Crippen molar-refractivity contribution in [2.75, 3.05) is 11.6 Å². The van der Waals surface area contributed by atoms with Crippen LogP contribution in [0.3, 0.4) is 0 Å². The average molecular weight is 334 g/mol. The molecule has 24 heavy (non-hydrogen) atoms. The van der Waals surface area contributed by atoms with Gasteiger partial charge >= 0.3 is 0 Å². The number of carbonyl (C=O) groups is 1. The summed E-state index contributed by atoms with van der Waals surface area (Å²) in [5.74, 6) is -0.418. The topological polar surface area (TPSA) is 42.0 Å². The van der Waals surface area contributed by atoms with Gasteiger partial charge in [-0.15, -0.1) is 11.8 Å². The SMILES string of the molecule is CSc1ccc(NC(=O)C(c2ccccc2)c2ccccc2)cn1. The first-order chi connectivity index (χ1) is 11.8. The maximum atomic E-state index is 12.9. The monoisotopic (exact) mass is 334 g/mol. The summed E-state index contributed by atoms with van der Waals surface area (Å²) in [5, 5.41) is 3.91. The van der Waals surface area contributed by atoms with Gasteiger partial charge in [-0.3, -0.25) is 4.79 Å². The van der Waals surface area contributed by atoms with Crippen molar-refractivity contribution in [2.45, 2.75) is 10.9 Å². The Morgan fingerprint density at radius 3 is 1.96 bits per heavy atom. The average Bonchev–Trinajstić information content (AvgIpc) is 2.64. The highest BCUT2D eigenvalue weighted by atomic mass is 32.2. The first-order valence-corrected chi connectivity index (χ1v) is 8.91. The summed E-state index contributed by atoms with van der Waals surface area (Å²) < 4.78 is 0. The lowest BCUT2D eigenvalue weighted by Crippen LogP contribution is -2.22. The number of hydrogen-bond acceptors (Lipinski definition) is 3. The zero-order valence-electron chi connectivity index (χ0n) is 13.3. The van der Waals surface area contributed by atoms with E-state index in [1.54, 1.807) is 18.0 Å². The lowest BCUT2D eigenvalue weighted by atomic mass is 9.90. The fraction of sp³-hybridized carbons (Fsp3) is 0.100. The number of nitrogens with one attached hydrogen (secondary N) is 1. The molecule has 0 aliphatic heterocycles. The summed E-state index contributed by atoms with van der Waals surface area (Å²) >= 11 is 1.57. The molecule has 1 N–H and O–H groups in total. The molecule has 120 valence electrons. The molecule has 0 saturated heterocycles. The molecule has 1 amide bonds. The summed E-state index contributed by atoms with van der Waals surface area (Å²) in [7, 11) is 0. The maximum Gasteiger partial charge on any atom is 0.236 e. The summed E-state index contributed by atoms with van der Waals surface area (Å²) in [6.45, 7) is 0. The Bertz CT molecular complexity index is 749. The van der Waals surface area contributed by atoms with E-state index < -0.39 is 0 Å². The van der Waals surface area contributed by atoms with Crippen molar-refractivity contribution in [3.63, 3.8) is 0 Å². The van der Waals surface area contributed by atoms with Gasteiger partial charge in [-0.1, -0.05) is 60.7 Å². The lowest BCUT2D eigenvalue weighted by molar-refractivity contribution is -0.116. The molecular formula is C20H18N2OS. The third kappa shape index (κ3) is 3.84. The molecule has 0 aliphatic carbocycles. The number of anilines is 1. The Balaban J connectivity index is 1.89. The number of hydrogen-bond donors (Lipinski definition) is 1. The van der Waals surface area contributed by atoms with Crippen molar-refractivity contribution < 1.29 is 4.79 Å². The number of carbonyl (C=O) groups excluding carboxylic acids is 1. The Labute approximate surface area is 146 Å². The number of aromatic nitrogens is 1. The predicted molar refractivity (Wildman–Crippen MR) is 99.4 cm³/mol. The summed E-state index contributed by atoms with van der Waals surface area (Å²) in [4.78, 5) is 17.2. The highest BCUT2D eigenvalue weighted by Gasteiger charge is 2.22. The van der Waals surface area contributed by atoms with E-state index in [-0.39, 0.29) is 11.8 Å². The number of nitrogens with zero attached hydrogens (tertiary/aromatic N) is 1. The van der Waals surface area contributed by atoms with Crippen molar-refractivity contribution in [2.24, 2.45) is 0 Å². The molecule has 0 spiro atoms. The Kier molecular flexibility index (Phi) is 5.29. The van der Waals surface area contributed by atoms with E-state index in [0.717, 1.165) is 16.2 Å². The number of pyridine rings is 1. The van der Waals surface area contributed by atoms with Crippen LogP contribution in [0.5, 0.6) is 0 Å². The predicted octanol–water partition coefficient (Wildman–Crippen LogP) is 4.57.